The van der Waals surface area contributed by atoms with Gasteiger partial charge < -0.3 is 15.3 Å². The Morgan fingerprint density at radius 2 is 1.14 bits per heavy atom. The molecule has 0 heterocycles. The Labute approximate surface area is 200 Å². The van der Waals surface area contributed by atoms with Crippen molar-refractivity contribution in [2.75, 3.05) is 0 Å². The fourth-order valence-electron chi connectivity index (χ4n) is 1.74. The predicted octanol–water partition coefficient (Wildman–Crippen LogP) is 4.19. The van der Waals surface area contributed by atoms with Crippen molar-refractivity contribution in [3.8, 4) is 0 Å². The first-order valence-electron chi connectivity index (χ1n) is 9.82. The summed E-state index contributed by atoms with van der Waals surface area (Å²) in [5, 5.41) is 31.9. The van der Waals surface area contributed by atoms with E-state index in [-0.39, 0.29) is 26.2 Å². The molecule has 0 N–H and O–H groups in total. The maximum absolute atomic E-state index is 10.6. The van der Waals surface area contributed by atoms with Gasteiger partial charge in [-0.15, -0.1) is 43.0 Å². The molecule has 0 saturated carbocycles. The summed E-state index contributed by atoms with van der Waals surface area (Å²) in [6.45, 7) is 22.4. The second kappa shape index (κ2) is 19.4. The first-order chi connectivity index (χ1) is 12.6. The Morgan fingerprint density at radius 3 is 1.21 bits per heavy atom. The molecule has 0 aromatic rings. The van der Waals surface area contributed by atoms with Gasteiger partial charge in [0.2, 0.25) is 0 Å². The van der Waals surface area contributed by atoms with Crippen molar-refractivity contribution in [3.05, 3.63) is 61.8 Å². The van der Waals surface area contributed by atoms with Gasteiger partial charge in [-0.3, -0.25) is 6.08 Å². The summed E-state index contributed by atoms with van der Waals surface area (Å²) < 4.78 is 0. The second-order valence-electron chi connectivity index (χ2n) is 8.42. The van der Waals surface area contributed by atoms with Gasteiger partial charge in [0.15, 0.2) is 0 Å². The van der Waals surface area contributed by atoms with Gasteiger partial charge in [-0.1, -0.05) is 73.1 Å². The van der Waals surface area contributed by atoms with Gasteiger partial charge in [0, 0.05) is 0 Å². The topological polar surface area (TPSA) is 69.2 Å². The van der Waals surface area contributed by atoms with E-state index in [1.807, 2.05) is 0 Å². The monoisotopic (exact) mass is 480 g/mol. The molecule has 0 fully saturated rings. The molecule has 0 radical (unpaired) electrons. The Morgan fingerprint density at radius 1 is 0.828 bits per heavy atom. The van der Waals surface area contributed by atoms with Crippen LogP contribution in [0, 0.1) is 6.08 Å². The van der Waals surface area contributed by atoms with Crippen LogP contribution in [-0.2, 0) is 26.2 Å². The van der Waals surface area contributed by atoms with Gasteiger partial charge in [0.05, 0.1) is 0 Å². The van der Waals surface area contributed by atoms with Crippen molar-refractivity contribution >= 4 is 0 Å². The molecule has 0 amide bonds. The molecule has 0 bridgehead atoms. The number of rotatable bonds is 7. The smallest absolute Gasteiger partial charge is 0.850 e. The van der Waals surface area contributed by atoms with Crippen molar-refractivity contribution in [3.63, 3.8) is 0 Å². The Kier molecular flexibility index (Phi) is 24.0. The minimum atomic E-state index is -0.818. The standard InChI is InChI=1S/C7H9.3C6H11O.Zr/c1-2-7-5-3-4-6-7;3*1-4-5-6(2,3)7;/h3,5H,2,4H2,1H3;3*4H,1,5H2,2-3H3;/q4*-1;+4. The van der Waals surface area contributed by atoms with Crippen LogP contribution >= 0.6 is 0 Å². The summed E-state index contributed by atoms with van der Waals surface area (Å²) in [6, 6.07) is 0. The van der Waals surface area contributed by atoms with Crippen molar-refractivity contribution in [2.24, 2.45) is 0 Å². The molecule has 1 aliphatic rings. The van der Waals surface area contributed by atoms with Gasteiger partial charge >= 0.3 is 26.2 Å². The van der Waals surface area contributed by atoms with Crippen LogP contribution in [0.2, 0.25) is 0 Å². The quantitative estimate of drug-likeness (QED) is 0.404. The molecule has 0 unspecified atom stereocenters. The molecule has 0 spiro atoms. The molecular weight excluding hydrogens is 439 g/mol. The van der Waals surface area contributed by atoms with Crippen molar-refractivity contribution in [1.29, 1.82) is 0 Å². The van der Waals surface area contributed by atoms with Crippen LogP contribution in [0.15, 0.2) is 55.7 Å². The molecule has 4 heteroatoms. The first kappa shape index (κ1) is 35.9. The SMILES string of the molecule is C=CCC(C)(C)[O-].C=CCC(C)(C)[O-].C=CCC(C)(C)[O-].CCC1=[C-]CC=C1.[Zr+4]. The molecule has 1 rings (SSSR count). The van der Waals surface area contributed by atoms with Crippen molar-refractivity contribution < 1.29 is 41.5 Å². The molecule has 164 valence electrons. The first-order valence-corrected chi connectivity index (χ1v) is 9.82. The van der Waals surface area contributed by atoms with E-state index in [9.17, 15) is 15.3 Å². The molecule has 0 aromatic carbocycles. The summed E-state index contributed by atoms with van der Waals surface area (Å²) in [5.41, 5.74) is -1.09. The van der Waals surface area contributed by atoms with Gasteiger partial charge in [-0.25, -0.2) is 11.6 Å². The molecule has 0 aliphatic heterocycles. The van der Waals surface area contributed by atoms with E-state index < -0.39 is 16.8 Å². The fourth-order valence-corrected chi connectivity index (χ4v) is 1.74. The third kappa shape index (κ3) is 42.5. The van der Waals surface area contributed by atoms with Crippen LogP contribution in [0.25, 0.3) is 0 Å². The number of hydrogen-bond donors (Lipinski definition) is 0. The molecule has 29 heavy (non-hydrogen) atoms. The molecule has 3 nitrogen and oxygen atoms in total. The molecule has 0 saturated heterocycles. The third-order valence-electron chi connectivity index (χ3n) is 3.05. The third-order valence-corrected chi connectivity index (χ3v) is 3.05. The van der Waals surface area contributed by atoms with Gasteiger partial charge in [0.25, 0.3) is 0 Å². The van der Waals surface area contributed by atoms with Crippen LogP contribution < -0.4 is 15.3 Å². The van der Waals surface area contributed by atoms with Crippen LogP contribution in [0.3, 0.4) is 0 Å². The van der Waals surface area contributed by atoms with E-state index >= 15 is 0 Å². The van der Waals surface area contributed by atoms with Gasteiger partial charge in [-0.2, -0.15) is 6.08 Å². The van der Waals surface area contributed by atoms with Crippen molar-refractivity contribution in [2.45, 2.75) is 97.4 Å². The van der Waals surface area contributed by atoms with Crippen LogP contribution in [-0.4, -0.2) is 16.8 Å². The number of allylic oxidation sites excluding steroid dienone is 4. The van der Waals surface area contributed by atoms with Gasteiger partial charge in [-0.05, 0) is 19.3 Å². The largest absolute Gasteiger partial charge is 4.00 e. The zero-order chi connectivity index (χ0) is 22.9. The minimum absolute atomic E-state index is 0. The number of hydrogen-bond acceptors (Lipinski definition) is 3. The summed E-state index contributed by atoms with van der Waals surface area (Å²) in [4.78, 5) is 0. The van der Waals surface area contributed by atoms with E-state index in [2.05, 4.69) is 44.9 Å². The van der Waals surface area contributed by atoms with E-state index in [0.29, 0.717) is 19.3 Å². The zero-order valence-electron chi connectivity index (χ0n) is 19.8. The summed E-state index contributed by atoms with van der Waals surface area (Å²) >= 11 is 0. The Bertz CT molecular complexity index is 422. The van der Waals surface area contributed by atoms with Crippen LogP contribution in [0.1, 0.15) is 80.6 Å². The minimum Gasteiger partial charge on any atom is -0.850 e. The average Bonchev–Trinajstić information content (AvgIpc) is 2.98. The van der Waals surface area contributed by atoms with Crippen LogP contribution in [0.5, 0.6) is 0 Å². The summed E-state index contributed by atoms with van der Waals surface area (Å²) in [6.07, 6.45) is 16.2. The van der Waals surface area contributed by atoms with Crippen LogP contribution in [0.4, 0.5) is 0 Å². The predicted molar refractivity (Wildman–Crippen MR) is 117 cm³/mol. The maximum atomic E-state index is 10.6. The molecule has 0 aromatic heterocycles. The average molecular weight is 482 g/mol. The van der Waals surface area contributed by atoms with E-state index in [1.54, 1.807) is 59.8 Å². The molecular formula is C25H42O3Zr. The summed E-state index contributed by atoms with van der Waals surface area (Å²) in [7, 11) is 0. The second-order valence-corrected chi connectivity index (χ2v) is 8.42. The van der Waals surface area contributed by atoms with E-state index in [4.69, 9.17) is 0 Å². The summed E-state index contributed by atoms with van der Waals surface area (Å²) in [5.74, 6) is 0. The molecule has 1 aliphatic carbocycles. The fraction of sp³-hybridized carbons (Fsp3) is 0.600. The van der Waals surface area contributed by atoms with Crippen molar-refractivity contribution in [1.82, 2.24) is 0 Å². The van der Waals surface area contributed by atoms with E-state index in [1.165, 1.54) is 5.57 Å². The molecule has 0 atom stereocenters. The van der Waals surface area contributed by atoms with E-state index in [0.717, 1.165) is 12.8 Å². The Hall–Kier alpha value is -0.537. The maximum Gasteiger partial charge on any atom is 4.00 e. The normalized spacial score (nSPS) is 12.4. The van der Waals surface area contributed by atoms with Gasteiger partial charge in [0.1, 0.15) is 0 Å². The Balaban J connectivity index is -0.000000142. The zero-order valence-corrected chi connectivity index (χ0v) is 22.2.